The first-order chi connectivity index (χ1) is 17.0. The smallest absolute Gasteiger partial charge is 0.289 e. The summed E-state index contributed by atoms with van der Waals surface area (Å²) < 4.78 is 0. The molecule has 2 amide bonds. The van der Waals surface area contributed by atoms with Gasteiger partial charge in [0.1, 0.15) is 5.69 Å². The van der Waals surface area contributed by atoms with E-state index in [1.165, 1.54) is 16.3 Å². The van der Waals surface area contributed by atoms with Gasteiger partial charge >= 0.3 is 0 Å². The van der Waals surface area contributed by atoms with Crippen LogP contribution < -0.4 is 10.4 Å². The Morgan fingerprint density at radius 3 is 2.77 bits per heavy atom. The lowest BCUT2D eigenvalue weighted by Crippen LogP contribution is -2.40. The Morgan fingerprint density at radius 2 is 2.00 bits per heavy atom. The van der Waals surface area contributed by atoms with Gasteiger partial charge in [0.2, 0.25) is 5.91 Å². The Morgan fingerprint density at radius 1 is 1.20 bits per heavy atom. The third-order valence-electron chi connectivity index (χ3n) is 6.20. The van der Waals surface area contributed by atoms with Crippen molar-refractivity contribution in [3.63, 3.8) is 0 Å². The van der Waals surface area contributed by atoms with Gasteiger partial charge in [0, 0.05) is 48.5 Å². The molecule has 1 fully saturated rings. The van der Waals surface area contributed by atoms with Crippen molar-refractivity contribution in [2.75, 3.05) is 25.1 Å². The number of H-pyrrole nitrogens is 1. The van der Waals surface area contributed by atoms with Crippen LogP contribution in [-0.4, -0.2) is 57.0 Å². The largest absolute Gasteiger partial charge is 0.361 e. The van der Waals surface area contributed by atoms with E-state index >= 15 is 0 Å². The van der Waals surface area contributed by atoms with Crippen LogP contribution in [-0.2, 0) is 11.2 Å². The van der Waals surface area contributed by atoms with E-state index in [0.29, 0.717) is 31.0 Å². The van der Waals surface area contributed by atoms with E-state index in [4.69, 9.17) is 11.6 Å². The summed E-state index contributed by atoms with van der Waals surface area (Å²) in [6.45, 7) is 1.37. The monoisotopic (exact) mass is 509 g/mol. The molecule has 0 radical (unpaired) electrons. The molecule has 0 aliphatic carbocycles. The summed E-state index contributed by atoms with van der Waals surface area (Å²) in [5.41, 5.74) is 5.17. The molecule has 3 aromatic heterocycles. The van der Waals surface area contributed by atoms with E-state index < -0.39 is 0 Å². The summed E-state index contributed by atoms with van der Waals surface area (Å²) in [4.78, 5) is 35.3. The molecule has 0 atom stereocenters. The number of nitrogens with one attached hydrogen (secondary N) is 2. The molecule has 5 rings (SSSR count). The average molecular weight is 510 g/mol. The van der Waals surface area contributed by atoms with Gasteiger partial charge < -0.3 is 9.88 Å². The third-order valence-corrected chi connectivity index (χ3v) is 7.41. The Kier molecular flexibility index (Phi) is 6.65. The number of anilines is 1. The molecule has 0 saturated carbocycles. The SMILES string of the molecule is CN(NC(=O)c1csc(C2CCN(C(=O)Cc3c[nH]c4ccccc34)CC2)n1)c1ccc(Cl)nn1. The molecule has 4 aromatic rings. The number of para-hydroxylation sites is 1. The molecule has 1 aliphatic rings. The Bertz CT molecular complexity index is 1350. The minimum absolute atomic E-state index is 0.140. The number of hydrogen-bond donors (Lipinski definition) is 2. The summed E-state index contributed by atoms with van der Waals surface area (Å²) in [5.74, 6) is 0.514. The van der Waals surface area contributed by atoms with Gasteiger partial charge in [-0.15, -0.1) is 21.5 Å². The minimum atomic E-state index is -0.321. The predicted octanol–water partition coefficient (Wildman–Crippen LogP) is 3.80. The van der Waals surface area contributed by atoms with Gasteiger partial charge in [-0.2, -0.15) is 0 Å². The number of piperidine rings is 1. The van der Waals surface area contributed by atoms with Crippen molar-refractivity contribution in [1.29, 1.82) is 0 Å². The number of nitrogens with zero attached hydrogens (tertiary/aromatic N) is 5. The minimum Gasteiger partial charge on any atom is -0.361 e. The molecule has 0 unspecified atom stereocenters. The number of benzene rings is 1. The van der Waals surface area contributed by atoms with Crippen LogP contribution >= 0.6 is 22.9 Å². The zero-order chi connectivity index (χ0) is 24.4. The highest BCUT2D eigenvalue weighted by Crippen LogP contribution is 2.31. The highest BCUT2D eigenvalue weighted by molar-refractivity contribution is 7.09. The lowest BCUT2D eigenvalue weighted by molar-refractivity contribution is -0.131. The van der Waals surface area contributed by atoms with Gasteiger partial charge in [0.05, 0.1) is 11.4 Å². The fourth-order valence-corrected chi connectivity index (χ4v) is 5.33. The van der Waals surface area contributed by atoms with Crippen LogP contribution in [0.1, 0.15) is 39.8 Å². The Balaban J connectivity index is 1.15. The molecule has 0 spiro atoms. The molecule has 2 N–H and O–H groups in total. The van der Waals surface area contributed by atoms with Crippen LogP contribution in [0.15, 0.2) is 48.0 Å². The van der Waals surface area contributed by atoms with Crippen LogP contribution in [0, 0.1) is 0 Å². The first-order valence-corrected chi connectivity index (χ1v) is 12.6. The molecule has 11 heteroatoms. The summed E-state index contributed by atoms with van der Waals surface area (Å²) >= 11 is 7.24. The first-order valence-electron chi connectivity index (χ1n) is 11.3. The maximum atomic E-state index is 12.9. The zero-order valence-electron chi connectivity index (χ0n) is 19.1. The molecule has 1 aromatic carbocycles. The van der Waals surface area contributed by atoms with Crippen molar-refractivity contribution in [2.45, 2.75) is 25.2 Å². The number of aromatic amines is 1. The molecule has 1 saturated heterocycles. The van der Waals surface area contributed by atoms with Crippen molar-refractivity contribution < 1.29 is 9.59 Å². The fraction of sp³-hybridized carbons (Fsp3) is 0.292. The van der Waals surface area contributed by atoms with Crippen LogP contribution in [0.25, 0.3) is 10.9 Å². The van der Waals surface area contributed by atoms with E-state index in [9.17, 15) is 9.59 Å². The van der Waals surface area contributed by atoms with Crippen molar-refractivity contribution in [3.05, 3.63) is 69.4 Å². The molecular formula is C24H24ClN7O2S. The van der Waals surface area contributed by atoms with Gasteiger partial charge in [-0.05, 0) is 36.6 Å². The normalized spacial score (nSPS) is 14.3. The van der Waals surface area contributed by atoms with E-state index in [0.717, 1.165) is 34.3 Å². The molecule has 180 valence electrons. The number of halogens is 1. The maximum absolute atomic E-state index is 12.9. The van der Waals surface area contributed by atoms with Crippen molar-refractivity contribution in [2.24, 2.45) is 0 Å². The second-order valence-electron chi connectivity index (χ2n) is 8.48. The lowest BCUT2D eigenvalue weighted by atomic mass is 9.97. The summed E-state index contributed by atoms with van der Waals surface area (Å²) in [7, 11) is 1.67. The van der Waals surface area contributed by atoms with E-state index in [1.807, 2.05) is 35.4 Å². The number of thiazole rings is 1. The van der Waals surface area contributed by atoms with E-state index in [2.05, 4.69) is 25.6 Å². The van der Waals surface area contributed by atoms with Crippen LogP contribution in [0.2, 0.25) is 5.15 Å². The maximum Gasteiger partial charge on any atom is 0.289 e. The number of aromatic nitrogens is 4. The van der Waals surface area contributed by atoms with E-state index in [1.54, 1.807) is 24.6 Å². The summed E-state index contributed by atoms with van der Waals surface area (Å²) in [6, 6.07) is 11.3. The number of amides is 2. The number of hydrazine groups is 1. The number of fused-ring (bicyclic) bond motifs is 1. The quantitative estimate of drug-likeness (QED) is 0.383. The number of likely N-dealkylation sites (tertiary alicyclic amines) is 1. The molecule has 4 heterocycles. The predicted molar refractivity (Wildman–Crippen MR) is 136 cm³/mol. The van der Waals surface area contributed by atoms with E-state index in [-0.39, 0.29) is 22.9 Å². The number of carbonyl (C=O) groups excluding carboxylic acids is 2. The average Bonchev–Trinajstić information content (AvgIpc) is 3.53. The highest BCUT2D eigenvalue weighted by Gasteiger charge is 2.27. The second kappa shape index (κ2) is 10.0. The zero-order valence-corrected chi connectivity index (χ0v) is 20.6. The fourth-order valence-electron chi connectivity index (χ4n) is 4.26. The summed E-state index contributed by atoms with van der Waals surface area (Å²) in [5, 5.41) is 13.3. The molecule has 0 bridgehead atoms. The van der Waals surface area contributed by atoms with Gasteiger partial charge in [0.15, 0.2) is 11.0 Å². The summed E-state index contributed by atoms with van der Waals surface area (Å²) in [6.07, 6.45) is 3.97. The van der Waals surface area contributed by atoms with Gasteiger partial charge in [-0.25, -0.2) is 4.98 Å². The van der Waals surface area contributed by atoms with Crippen molar-refractivity contribution in [3.8, 4) is 0 Å². The molecular weight excluding hydrogens is 486 g/mol. The Labute approximate surface area is 211 Å². The molecule has 9 nitrogen and oxygen atoms in total. The number of carbonyl (C=O) groups is 2. The second-order valence-corrected chi connectivity index (χ2v) is 9.75. The van der Waals surface area contributed by atoms with Crippen LogP contribution in [0.5, 0.6) is 0 Å². The Hall–Kier alpha value is -3.50. The topological polar surface area (TPSA) is 107 Å². The third kappa shape index (κ3) is 5.13. The van der Waals surface area contributed by atoms with Crippen molar-refractivity contribution >= 4 is 51.5 Å². The lowest BCUT2D eigenvalue weighted by Gasteiger charge is -2.31. The van der Waals surface area contributed by atoms with Gasteiger partial charge in [0.25, 0.3) is 5.91 Å². The highest BCUT2D eigenvalue weighted by atomic mass is 35.5. The molecule has 35 heavy (non-hydrogen) atoms. The number of rotatable bonds is 6. The van der Waals surface area contributed by atoms with Crippen LogP contribution in [0.4, 0.5) is 5.82 Å². The van der Waals surface area contributed by atoms with Crippen LogP contribution in [0.3, 0.4) is 0 Å². The van der Waals surface area contributed by atoms with Gasteiger partial charge in [-0.3, -0.25) is 20.0 Å². The van der Waals surface area contributed by atoms with Gasteiger partial charge in [-0.1, -0.05) is 29.8 Å². The number of hydrogen-bond acceptors (Lipinski definition) is 7. The van der Waals surface area contributed by atoms with Crippen molar-refractivity contribution in [1.82, 2.24) is 30.5 Å². The first kappa shape index (κ1) is 23.3. The standard InChI is InChI=1S/C24H24ClN7O2S/c1-31(21-7-6-20(25)28-29-21)30-23(34)19-14-35-24(27-19)15-8-10-32(11-9-15)22(33)12-16-13-26-18-5-3-2-4-17(16)18/h2-7,13-15,26H,8-12H2,1H3,(H,30,34). The molecule has 1 aliphatic heterocycles.